The molecule has 0 aliphatic carbocycles. The molecule has 2 heterocycles. The summed E-state index contributed by atoms with van der Waals surface area (Å²) in [6.07, 6.45) is 2.06. The Morgan fingerprint density at radius 2 is 1.81 bits per heavy atom. The highest BCUT2D eigenvalue weighted by atomic mass is 19.1. The predicted octanol–water partition coefficient (Wildman–Crippen LogP) is 5.44. The normalized spacial score (nSPS) is 16.0. The molecule has 1 amide bonds. The second kappa shape index (κ2) is 12.5. The number of carbonyl (C=O) groups excluding carboxylic acids is 1. The molecule has 1 fully saturated rings. The molecule has 2 atom stereocenters. The molecule has 42 heavy (non-hydrogen) atoms. The van der Waals surface area contributed by atoms with Crippen LogP contribution in [-0.2, 0) is 4.79 Å². The minimum absolute atomic E-state index is 0.00376. The smallest absolute Gasteiger partial charge is 0.228 e. The fraction of sp³-hybridized carbons (Fsp3) is 0.344. The van der Waals surface area contributed by atoms with E-state index in [2.05, 4.69) is 11.9 Å². The number of aromatic nitrogens is 2. The van der Waals surface area contributed by atoms with Crippen molar-refractivity contribution in [2.75, 3.05) is 44.5 Å². The van der Waals surface area contributed by atoms with Gasteiger partial charge in [0.25, 0.3) is 0 Å². The van der Waals surface area contributed by atoms with Crippen molar-refractivity contribution in [1.82, 2.24) is 14.9 Å². The van der Waals surface area contributed by atoms with Crippen LogP contribution < -0.4 is 20.1 Å². The summed E-state index contributed by atoms with van der Waals surface area (Å²) < 4.78 is 24.4. The molecule has 1 aliphatic heterocycles. The number of fused-ring (bicyclic) bond motifs is 1. The van der Waals surface area contributed by atoms with Crippen LogP contribution in [-0.4, -0.2) is 59.7 Å². The zero-order valence-corrected chi connectivity index (χ0v) is 24.1. The molecule has 0 bridgehead atoms. The minimum Gasteiger partial charge on any atom is -0.508 e. The zero-order chi connectivity index (χ0) is 29.8. The van der Waals surface area contributed by atoms with E-state index in [9.17, 15) is 14.3 Å². The average molecular weight is 574 g/mol. The van der Waals surface area contributed by atoms with Gasteiger partial charge in [0, 0.05) is 37.5 Å². The van der Waals surface area contributed by atoms with Crippen LogP contribution in [0.2, 0.25) is 0 Å². The van der Waals surface area contributed by atoms with Gasteiger partial charge < -0.3 is 30.1 Å². The Labute approximate surface area is 244 Å². The number of phenols is 1. The molecule has 0 spiro atoms. The Bertz CT molecular complexity index is 1570. The number of methoxy groups -OCH3 is 2. The Morgan fingerprint density at radius 1 is 1.07 bits per heavy atom. The van der Waals surface area contributed by atoms with E-state index in [0.717, 1.165) is 24.0 Å². The maximum Gasteiger partial charge on any atom is 0.228 e. The number of phenolic OH excluding ortho intramolecular Hbond substituents is 1. The van der Waals surface area contributed by atoms with E-state index < -0.39 is 0 Å². The van der Waals surface area contributed by atoms with E-state index in [0.29, 0.717) is 60.2 Å². The van der Waals surface area contributed by atoms with Gasteiger partial charge in [-0.05, 0) is 53.8 Å². The lowest BCUT2D eigenvalue weighted by atomic mass is 9.90. The van der Waals surface area contributed by atoms with E-state index >= 15 is 0 Å². The van der Waals surface area contributed by atoms with Crippen molar-refractivity contribution in [2.45, 2.75) is 38.1 Å². The van der Waals surface area contributed by atoms with Gasteiger partial charge in [-0.2, -0.15) is 4.98 Å². The quantitative estimate of drug-likeness (QED) is 0.272. The van der Waals surface area contributed by atoms with Crippen molar-refractivity contribution in [3.63, 3.8) is 0 Å². The summed E-state index contributed by atoms with van der Waals surface area (Å²) >= 11 is 0. The molecule has 1 aliphatic rings. The average Bonchev–Trinajstić information content (AvgIpc) is 3.00. The summed E-state index contributed by atoms with van der Waals surface area (Å²) in [5, 5.41) is 10.9. The summed E-state index contributed by atoms with van der Waals surface area (Å²) in [5.41, 5.74) is 8.80. The lowest BCUT2D eigenvalue weighted by Crippen LogP contribution is -2.51. The van der Waals surface area contributed by atoms with E-state index in [1.165, 1.54) is 12.1 Å². The van der Waals surface area contributed by atoms with Crippen LogP contribution in [0.15, 0.2) is 60.7 Å². The summed E-state index contributed by atoms with van der Waals surface area (Å²) in [5.74, 6) is 1.63. The van der Waals surface area contributed by atoms with Crippen molar-refractivity contribution in [2.24, 2.45) is 0 Å². The highest BCUT2D eigenvalue weighted by molar-refractivity contribution is 5.92. The third-order valence-electron chi connectivity index (χ3n) is 7.86. The Balaban J connectivity index is 1.46. The molecule has 3 N–H and O–H groups in total. The van der Waals surface area contributed by atoms with Gasteiger partial charge in [-0.1, -0.05) is 37.6 Å². The van der Waals surface area contributed by atoms with Gasteiger partial charge in [0.05, 0.1) is 25.8 Å². The van der Waals surface area contributed by atoms with Crippen LogP contribution >= 0.6 is 0 Å². The number of hydrogen-bond donors (Lipinski definition) is 2. The molecular weight excluding hydrogens is 537 g/mol. The van der Waals surface area contributed by atoms with Crippen LogP contribution in [0.4, 0.5) is 16.2 Å². The highest BCUT2D eigenvalue weighted by Gasteiger charge is 2.34. The number of benzene rings is 3. The number of carbonyl (C=O) groups is 1. The lowest BCUT2D eigenvalue weighted by molar-refractivity contribution is -0.132. The molecule has 0 saturated carbocycles. The number of nitrogens with two attached hydrogens (primary N) is 1. The molecule has 4 aromatic rings. The van der Waals surface area contributed by atoms with E-state index in [-0.39, 0.29) is 29.4 Å². The van der Waals surface area contributed by atoms with Gasteiger partial charge in [0.15, 0.2) is 11.5 Å². The van der Waals surface area contributed by atoms with Crippen LogP contribution in [0.3, 0.4) is 0 Å². The number of piperazine rings is 1. The summed E-state index contributed by atoms with van der Waals surface area (Å²) in [4.78, 5) is 27.0. The summed E-state index contributed by atoms with van der Waals surface area (Å²) in [7, 11) is 3.12. The molecule has 3 aromatic carbocycles. The van der Waals surface area contributed by atoms with Crippen LogP contribution in [0.5, 0.6) is 17.2 Å². The first-order valence-corrected chi connectivity index (χ1v) is 14.1. The van der Waals surface area contributed by atoms with Crippen molar-refractivity contribution < 1.29 is 23.8 Å². The fourth-order valence-corrected chi connectivity index (χ4v) is 5.67. The van der Waals surface area contributed by atoms with Crippen LogP contribution in [0.25, 0.3) is 10.9 Å². The van der Waals surface area contributed by atoms with Gasteiger partial charge >= 0.3 is 0 Å². The topological polar surface area (TPSA) is 114 Å². The summed E-state index contributed by atoms with van der Waals surface area (Å²) in [6, 6.07) is 16.6. The minimum atomic E-state index is -0.331. The van der Waals surface area contributed by atoms with Gasteiger partial charge in [0.1, 0.15) is 17.4 Å². The van der Waals surface area contributed by atoms with E-state index in [1.807, 2.05) is 15.9 Å². The molecule has 1 saturated heterocycles. The first-order valence-electron chi connectivity index (χ1n) is 14.1. The third kappa shape index (κ3) is 6.02. The number of ether oxygens (including phenoxy) is 2. The van der Waals surface area contributed by atoms with E-state index in [1.54, 1.807) is 56.7 Å². The number of hydrogen-bond acceptors (Lipinski definition) is 8. The van der Waals surface area contributed by atoms with Gasteiger partial charge in [-0.15, -0.1) is 0 Å². The predicted molar refractivity (Wildman–Crippen MR) is 160 cm³/mol. The Kier molecular flexibility index (Phi) is 8.61. The second-order valence-corrected chi connectivity index (χ2v) is 10.5. The zero-order valence-electron chi connectivity index (χ0n) is 24.1. The van der Waals surface area contributed by atoms with Gasteiger partial charge in [0.2, 0.25) is 11.9 Å². The lowest BCUT2D eigenvalue weighted by Gasteiger charge is -2.42. The molecule has 5 rings (SSSR count). The second-order valence-electron chi connectivity index (χ2n) is 10.5. The standard InChI is InChI=1S/C32H36FN5O4/c1-4-6-21(20-9-11-23(33)12-10-20)16-30(40)37-13-14-38(27(19-37)22-7-5-8-24(39)15-22)32-35-26-18-29(42-3)28(41-2)17-25(26)31(34)36-32/h5,7-12,15,17-18,21,27,39H,4,6,13-14,16,19H2,1-3H3,(H2,34,35,36)/t21-,27?/m1/s1. The van der Waals surface area contributed by atoms with Crippen LogP contribution in [0, 0.1) is 5.82 Å². The van der Waals surface area contributed by atoms with Crippen molar-refractivity contribution in [3.05, 3.63) is 77.6 Å². The first-order chi connectivity index (χ1) is 20.3. The molecule has 10 heteroatoms. The Morgan fingerprint density at radius 3 is 2.50 bits per heavy atom. The van der Waals surface area contributed by atoms with Gasteiger partial charge in [-0.25, -0.2) is 9.37 Å². The number of nitrogen functional groups attached to an aromatic ring is 1. The molecular formula is C32H36FN5O4. The first kappa shape index (κ1) is 28.9. The number of nitrogens with zero attached hydrogens (tertiary/aromatic N) is 4. The monoisotopic (exact) mass is 573 g/mol. The van der Waals surface area contributed by atoms with Crippen molar-refractivity contribution >= 4 is 28.6 Å². The number of anilines is 2. The highest BCUT2D eigenvalue weighted by Crippen LogP contribution is 2.37. The molecule has 9 nitrogen and oxygen atoms in total. The van der Waals surface area contributed by atoms with Crippen molar-refractivity contribution in [1.29, 1.82) is 0 Å². The van der Waals surface area contributed by atoms with E-state index in [4.69, 9.17) is 20.2 Å². The van der Waals surface area contributed by atoms with Gasteiger partial charge in [-0.3, -0.25) is 4.79 Å². The maximum absolute atomic E-state index is 13.7. The maximum atomic E-state index is 13.7. The van der Waals surface area contributed by atoms with Crippen LogP contribution in [0.1, 0.15) is 49.3 Å². The third-order valence-corrected chi connectivity index (χ3v) is 7.86. The molecule has 1 aromatic heterocycles. The number of amides is 1. The SMILES string of the molecule is CCC[C@H](CC(=O)N1CCN(c2nc(N)c3cc(OC)c(OC)cc3n2)C(c2cccc(O)c2)C1)c1ccc(F)cc1. The number of halogens is 1. The Hall–Kier alpha value is -4.60. The summed E-state index contributed by atoms with van der Waals surface area (Å²) in [6.45, 7) is 3.37. The molecule has 0 radical (unpaired) electrons. The largest absolute Gasteiger partial charge is 0.508 e. The number of rotatable bonds is 9. The molecule has 220 valence electrons. The number of aromatic hydroxyl groups is 1. The fourth-order valence-electron chi connectivity index (χ4n) is 5.67. The van der Waals surface area contributed by atoms with Crippen molar-refractivity contribution in [3.8, 4) is 17.2 Å². The molecule has 1 unspecified atom stereocenters.